The largest absolute Gasteiger partial charge is 0.388 e. The number of fused-ring (bicyclic) bond motifs is 1. The zero-order valence-electron chi connectivity index (χ0n) is 8.80. The zero-order valence-corrected chi connectivity index (χ0v) is 8.80. The van der Waals surface area contributed by atoms with Crippen LogP contribution in [0.15, 0.2) is 18.2 Å². The molecule has 0 aliphatic heterocycles. The molecule has 1 heterocycles. The molecule has 5 heteroatoms. The molecule has 1 N–H and O–H groups in total. The van der Waals surface area contributed by atoms with Gasteiger partial charge >= 0.3 is 0 Å². The summed E-state index contributed by atoms with van der Waals surface area (Å²) in [5, 5.41) is 7.81. The Kier molecular flexibility index (Phi) is 2.68. The molecule has 0 spiro atoms. The van der Waals surface area contributed by atoms with Gasteiger partial charge in [-0.05, 0) is 18.2 Å². The molecule has 0 unspecified atom stereocenters. The van der Waals surface area contributed by atoms with Gasteiger partial charge in [0.15, 0.2) is 6.29 Å². The second-order valence-electron chi connectivity index (χ2n) is 3.33. The summed E-state index contributed by atoms with van der Waals surface area (Å²) < 4.78 is 1.52. The number of nitrogens with one attached hydrogen (secondary N) is 1. The highest BCUT2D eigenvalue weighted by Crippen LogP contribution is 2.21. The SMILES string of the molecule is CNc1ccc2c(c1)c(C=O)nn2CC=O. The summed E-state index contributed by atoms with van der Waals surface area (Å²) in [5.41, 5.74) is 2.04. The van der Waals surface area contributed by atoms with Crippen LogP contribution in [0.5, 0.6) is 0 Å². The van der Waals surface area contributed by atoms with Gasteiger partial charge in [0.05, 0.1) is 12.1 Å². The van der Waals surface area contributed by atoms with Crippen molar-refractivity contribution in [3.8, 4) is 0 Å². The number of hydrogen-bond donors (Lipinski definition) is 1. The number of nitrogens with zero attached hydrogens (tertiary/aromatic N) is 2. The minimum absolute atomic E-state index is 0.156. The van der Waals surface area contributed by atoms with Crippen molar-refractivity contribution in [1.29, 1.82) is 0 Å². The Morgan fingerprint density at radius 1 is 1.44 bits per heavy atom. The van der Waals surface area contributed by atoms with E-state index in [-0.39, 0.29) is 6.54 Å². The van der Waals surface area contributed by atoms with E-state index < -0.39 is 0 Å². The van der Waals surface area contributed by atoms with Crippen LogP contribution in [0, 0.1) is 0 Å². The number of aldehydes is 2. The average Bonchev–Trinajstić information content (AvgIpc) is 2.67. The topological polar surface area (TPSA) is 64.0 Å². The van der Waals surface area contributed by atoms with Crippen LogP contribution in [0.4, 0.5) is 5.69 Å². The van der Waals surface area contributed by atoms with E-state index in [2.05, 4.69) is 10.4 Å². The Morgan fingerprint density at radius 2 is 2.25 bits per heavy atom. The number of benzene rings is 1. The quantitative estimate of drug-likeness (QED) is 0.778. The number of carbonyl (C=O) groups is 2. The lowest BCUT2D eigenvalue weighted by Gasteiger charge is -2.00. The van der Waals surface area contributed by atoms with Gasteiger partial charge < -0.3 is 10.1 Å². The summed E-state index contributed by atoms with van der Waals surface area (Å²) in [6, 6.07) is 5.55. The predicted octanol–water partition coefficient (Wildman–Crippen LogP) is 1.09. The van der Waals surface area contributed by atoms with Gasteiger partial charge in [0.1, 0.15) is 12.0 Å². The number of anilines is 1. The van der Waals surface area contributed by atoms with Gasteiger partial charge in [-0.2, -0.15) is 5.10 Å². The maximum Gasteiger partial charge on any atom is 0.170 e. The van der Waals surface area contributed by atoms with Gasteiger partial charge in [-0.15, -0.1) is 0 Å². The first-order chi connectivity index (χ1) is 7.80. The Morgan fingerprint density at radius 3 is 2.88 bits per heavy atom. The van der Waals surface area contributed by atoms with Crippen LogP contribution >= 0.6 is 0 Å². The van der Waals surface area contributed by atoms with E-state index in [0.29, 0.717) is 12.0 Å². The smallest absolute Gasteiger partial charge is 0.170 e. The Labute approximate surface area is 92.1 Å². The summed E-state index contributed by atoms with van der Waals surface area (Å²) in [4.78, 5) is 21.3. The second-order valence-corrected chi connectivity index (χ2v) is 3.33. The van der Waals surface area contributed by atoms with E-state index in [1.54, 1.807) is 7.05 Å². The van der Waals surface area contributed by atoms with Crippen molar-refractivity contribution in [1.82, 2.24) is 9.78 Å². The first-order valence-electron chi connectivity index (χ1n) is 4.87. The van der Waals surface area contributed by atoms with E-state index in [0.717, 1.165) is 22.9 Å². The molecular formula is C11H11N3O2. The maximum absolute atomic E-state index is 10.9. The molecule has 5 nitrogen and oxygen atoms in total. The monoisotopic (exact) mass is 217 g/mol. The predicted molar refractivity (Wildman–Crippen MR) is 60.7 cm³/mol. The van der Waals surface area contributed by atoms with Crippen LogP contribution in [-0.4, -0.2) is 29.4 Å². The zero-order chi connectivity index (χ0) is 11.5. The van der Waals surface area contributed by atoms with Crippen molar-refractivity contribution in [3.05, 3.63) is 23.9 Å². The van der Waals surface area contributed by atoms with E-state index in [1.807, 2.05) is 18.2 Å². The lowest BCUT2D eigenvalue weighted by Crippen LogP contribution is -2.01. The molecule has 0 radical (unpaired) electrons. The standard InChI is InChI=1S/C11H11N3O2/c1-12-8-2-3-11-9(6-8)10(7-16)13-14(11)4-5-15/h2-3,5-7,12H,4H2,1H3. The lowest BCUT2D eigenvalue weighted by molar-refractivity contribution is -0.108. The molecule has 0 saturated heterocycles. The molecule has 0 aliphatic rings. The fourth-order valence-corrected chi connectivity index (χ4v) is 1.66. The fraction of sp³-hybridized carbons (Fsp3) is 0.182. The van der Waals surface area contributed by atoms with Crippen molar-refractivity contribution in [2.75, 3.05) is 12.4 Å². The van der Waals surface area contributed by atoms with Gasteiger partial charge in [-0.1, -0.05) is 0 Å². The molecule has 1 aromatic carbocycles. The van der Waals surface area contributed by atoms with E-state index >= 15 is 0 Å². The molecule has 16 heavy (non-hydrogen) atoms. The number of carbonyl (C=O) groups excluding carboxylic acids is 2. The highest BCUT2D eigenvalue weighted by molar-refractivity contribution is 5.97. The Hall–Kier alpha value is -2.17. The van der Waals surface area contributed by atoms with Crippen molar-refractivity contribution in [2.45, 2.75) is 6.54 Å². The molecule has 2 aromatic rings. The highest BCUT2D eigenvalue weighted by Gasteiger charge is 2.09. The Balaban J connectivity index is 2.68. The fourth-order valence-electron chi connectivity index (χ4n) is 1.66. The molecule has 1 aromatic heterocycles. The lowest BCUT2D eigenvalue weighted by atomic mass is 10.2. The Bertz CT molecular complexity index is 545. The summed E-state index contributed by atoms with van der Waals surface area (Å²) in [6.45, 7) is 0.156. The summed E-state index contributed by atoms with van der Waals surface area (Å²) in [7, 11) is 1.80. The van der Waals surface area contributed by atoms with Crippen molar-refractivity contribution < 1.29 is 9.59 Å². The van der Waals surface area contributed by atoms with Gasteiger partial charge in [-0.3, -0.25) is 9.48 Å². The minimum atomic E-state index is 0.156. The molecule has 0 fully saturated rings. The van der Waals surface area contributed by atoms with E-state index in [1.165, 1.54) is 4.68 Å². The van der Waals surface area contributed by atoms with E-state index in [4.69, 9.17) is 0 Å². The molecule has 0 atom stereocenters. The first kappa shape index (κ1) is 10.4. The molecule has 0 aliphatic carbocycles. The second kappa shape index (κ2) is 4.14. The van der Waals surface area contributed by atoms with Crippen LogP contribution < -0.4 is 5.32 Å². The van der Waals surface area contributed by atoms with Crippen molar-refractivity contribution in [2.24, 2.45) is 0 Å². The molecular weight excluding hydrogens is 206 g/mol. The summed E-state index contributed by atoms with van der Waals surface area (Å²) in [6.07, 6.45) is 1.45. The number of hydrogen-bond acceptors (Lipinski definition) is 4. The third-order valence-electron chi connectivity index (χ3n) is 2.43. The van der Waals surface area contributed by atoms with Crippen molar-refractivity contribution >= 4 is 29.2 Å². The molecule has 2 rings (SSSR count). The molecule has 0 bridgehead atoms. The van der Waals surface area contributed by atoms with Crippen LogP contribution in [0.3, 0.4) is 0 Å². The third-order valence-corrected chi connectivity index (χ3v) is 2.43. The first-order valence-corrected chi connectivity index (χ1v) is 4.87. The molecule has 82 valence electrons. The third kappa shape index (κ3) is 1.56. The maximum atomic E-state index is 10.9. The van der Waals surface area contributed by atoms with Gasteiger partial charge in [0.25, 0.3) is 0 Å². The van der Waals surface area contributed by atoms with Crippen LogP contribution in [0.25, 0.3) is 10.9 Å². The normalized spacial score (nSPS) is 10.3. The van der Waals surface area contributed by atoms with Crippen LogP contribution in [-0.2, 0) is 11.3 Å². The molecule has 0 saturated carbocycles. The van der Waals surface area contributed by atoms with Crippen LogP contribution in [0.2, 0.25) is 0 Å². The van der Waals surface area contributed by atoms with Gasteiger partial charge in [-0.25, -0.2) is 0 Å². The molecule has 0 amide bonds. The summed E-state index contributed by atoms with van der Waals surface area (Å²) in [5.74, 6) is 0. The van der Waals surface area contributed by atoms with Crippen molar-refractivity contribution in [3.63, 3.8) is 0 Å². The highest BCUT2D eigenvalue weighted by atomic mass is 16.1. The number of rotatable bonds is 4. The van der Waals surface area contributed by atoms with Gasteiger partial charge in [0.2, 0.25) is 0 Å². The van der Waals surface area contributed by atoms with Crippen LogP contribution in [0.1, 0.15) is 10.5 Å². The number of aromatic nitrogens is 2. The minimum Gasteiger partial charge on any atom is -0.388 e. The average molecular weight is 217 g/mol. The summed E-state index contributed by atoms with van der Waals surface area (Å²) >= 11 is 0. The van der Waals surface area contributed by atoms with E-state index in [9.17, 15) is 9.59 Å². The van der Waals surface area contributed by atoms with Gasteiger partial charge in [0, 0.05) is 18.1 Å².